The lowest BCUT2D eigenvalue weighted by molar-refractivity contribution is 0.0696. The Hall–Kier alpha value is -2.67. The van der Waals surface area contributed by atoms with E-state index in [1.807, 2.05) is 6.92 Å². The van der Waals surface area contributed by atoms with Crippen molar-refractivity contribution in [2.75, 3.05) is 12.4 Å². The second-order valence-corrected chi connectivity index (χ2v) is 4.74. The van der Waals surface area contributed by atoms with Gasteiger partial charge >= 0.3 is 5.97 Å². The lowest BCUT2D eigenvalue weighted by atomic mass is 10.1. The highest BCUT2D eigenvalue weighted by atomic mass is 16.5. The Balaban J connectivity index is 2.23. The molecule has 0 aliphatic carbocycles. The molecule has 0 spiro atoms. The van der Waals surface area contributed by atoms with Crippen LogP contribution in [0.1, 0.15) is 39.0 Å². The summed E-state index contributed by atoms with van der Waals surface area (Å²) in [6.45, 7) is 2.20. The number of benzene rings is 1. The zero-order valence-electron chi connectivity index (χ0n) is 12.3. The van der Waals surface area contributed by atoms with Crippen LogP contribution in [0.5, 0.6) is 0 Å². The van der Waals surface area contributed by atoms with Crippen molar-refractivity contribution >= 4 is 17.6 Å². The van der Waals surface area contributed by atoms with Gasteiger partial charge in [-0.1, -0.05) is 6.92 Å². The Morgan fingerprint density at radius 2 is 2.09 bits per heavy atom. The monoisotopic (exact) mass is 303 g/mol. The third-order valence-corrected chi connectivity index (χ3v) is 3.05. The van der Waals surface area contributed by atoms with Gasteiger partial charge in [-0.25, -0.2) is 4.79 Å². The first-order valence-electron chi connectivity index (χ1n) is 6.75. The molecule has 1 heterocycles. The molecule has 0 aliphatic rings. The molecule has 0 saturated carbocycles. The van der Waals surface area contributed by atoms with E-state index in [0.29, 0.717) is 11.3 Å². The van der Waals surface area contributed by atoms with Gasteiger partial charge in [0.15, 0.2) is 5.69 Å². The van der Waals surface area contributed by atoms with Crippen LogP contribution in [0.2, 0.25) is 0 Å². The van der Waals surface area contributed by atoms with E-state index in [0.717, 1.165) is 12.1 Å². The van der Waals surface area contributed by atoms with Gasteiger partial charge in [-0.3, -0.25) is 9.89 Å². The molecule has 3 N–H and O–H groups in total. The van der Waals surface area contributed by atoms with Gasteiger partial charge in [0.1, 0.15) is 0 Å². The SMILES string of the molecule is CCc1cc(C(=O)Nc2cc(COC)cc(C(=O)O)c2)n[nH]1. The fourth-order valence-corrected chi connectivity index (χ4v) is 1.99. The smallest absolute Gasteiger partial charge is 0.335 e. The maximum absolute atomic E-state index is 12.1. The van der Waals surface area contributed by atoms with Crippen molar-refractivity contribution in [1.82, 2.24) is 10.2 Å². The van der Waals surface area contributed by atoms with Gasteiger partial charge < -0.3 is 15.2 Å². The summed E-state index contributed by atoms with van der Waals surface area (Å²) in [7, 11) is 1.52. The van der Waals surface area contributed by atoms with E-state index < -0.39 is 11.9 Å². The molecule has 0 radical (unpaired) electrons. The Labute approximate surface area is 127 Å². The minimum absolute atomic E-state index is 0.0844. The lowest BCUT2D eigenvalue weighted by Crippen LogP contribution is -2.13. The first kappa shape index (κ1) is 15.7. The van der Waals surface area contributed by atoms with Crippen LogP contribution in [-0.2, 0) is 17.8 Å². The number of nitrogens with one attached hydrogen (secondary N) is 2. The first-order chi connectivity index (χ1) is 10.5. The van der Waals surface area contributed by atoms with E-state index in [4.69, 9.17) is 9.84 Å². The molecule has 0 aliphatic heterocycles. The number of aromatic carboxylic acids is 1. The van der Waals surface area contributed by atoms with Crippen molar-refractivity contribution < 1.29 is 19.4 Å². The zero-order valence-corrected chi connectivity index (χ0v) is 12.3. The summed E-state index contributed by atoms with van der Waals surface area (Å²) in [5.74, 6) is -1.47. The number of carboxylic acids is 1. The Bertz CT molecular complexity index is 694. The van der Waals surface area contributed by atoms with Crippen molar-refractivity contribution in [3.05, 3.63) is 46.8 Å². The number of ether oxygens (including phenoxy) is 1. The highest BCUT2D eigenvalue weighted by Crippen LogP contribution is 2.17. The summed E-state index contributed by atoms with van der Waals surface area (Å²) in [6, 6.07) is 6.23. The molecular weight excluding hydrogens is 286 g/mol. The van der Waals surface area contributed by atoms with E-state index in [-0.39, 0.29) is 17.9 Å². The molecule has 1 aromatic heterocycles. The first-order valence-corrected chi connectivity index (χ1v) is 6.75. The molecule has 1 amide bonds. The number of aryl methyl sites for hydroxylation is 1. The number of nitrogens with zero attached hydrogens (tertiary/aromatic N) is 1. The molecule has 0 unspecified atom stereocenters. The minimum atomic E-state index is -1.07. The molecule has 0 bridgehead atoms. The van der Waals surface area contributed by atoms with E-state index in [9.17, 15) is 9.59 Å². The molecule has 0 atom stereocenters. The highest BCUT2D eigenvalue weighted by Gasteiger charge is 2.13. The van der Waals surface area contributed by atoms with Gasteiger partial charge in [-0.15, -0.1) is 0 Å². The number of rotatable bonds is 6. The molecule has 116 valence electrons. The number of hydrogen-bond donors (Lipinski definition) is 3. The number of carbonyl (C=O) groups excluding carboxylic acids is 1. The molecule has 7 heteroatoms. The number of aromatic nitrogens is 2. The maximum atomic E-state index is 12.1. The number of hydrogen-bond acceptors (Lipinski definition) is 4. The summed E-state index contributed by atoms with van der Waals surface area (Å²) < 4.78 is 5.00. The predicted molar refractivity (Wildman–Crippen MR) is 80.0 cm³/mol. The van der Waals surface area contributed by atoms with Crippen LogP contribution in [0.4, 0.5) is 5.69 Å². The quantitative estimate of drug-likeness (QED) is 0.757. The number of amides is 1. The van der Waals surface area contributed by atoms with Crippen LogP contribution in [0.15, 0.2) is 24.3 Å². The van der Waals surface area contributed by atoms with Gasteiger partial charge in [0.25, 0.3) is 5.91 Å². The van der Waals surface area contributed by atoms with E-state index >= 15 is 0 Å². The lowest BCUT2D eigenvalue weighted by Gasteiger charge is -2.08. The molecule has 0 saturated heterocycles. The third-order valence-electron chi connectivity index (χ3n) is 3.05. The zero-order chi connectivity index (χ0) is 16.1. The fourth-order valence-electron chi connectivity index (χ4n) is 1.99. The molecule has 0 fully saturated rings. The van der Waals surface area contributed by atoms with Crippen LogP contribution in [-0.4, -0.2) is 34.3 Å². The number of carbonyl (C=O) groups is 2. The molecule has 7 nitrogen and oxygen atoms in total. The summed E-state index contributed by atoms with van der Waals surface area (Å²) in [5, 5.41) is 18.4. The molecule has 2 rings (SSSR count). The van der Waals surface area contributed by atoms with Crippen molar-refractivity contribution in [2.24, 2.45) is 0 Å². The molecule has 2 aromatic rings. The maximum Gasteiger partial charge on any atom is 0.335 e. The third kappa shape index (κ3) is 3.70. The van der Waals surface area contributed by atoms with E-state index in [1.165, 1.54) is 19.2 Å². The standard InChI is InChI=1S/C15H17N3O4/c1-3-11-7-13(18-17-11)14(19)16-12-5-9(8-22-2)4-10(6-12)15(20)21/h4-7H,3,8H2,1-2H3,(H,16,19)(H,17,18)(H,20,21). The van der Waals surface area contributed by atoms with Gasteiger partial charge in [0.05, 0.1) is 12.2 Å². The van der Waals surface area contributed by atoms with Crippen molar-refractivity contribution in [3.8, 4) is 0 Å². The largest absolute Gasteiger partial charge is 0.478 e. The van der Waals surface area contributed by atoms with Gasteiger partial charge in [0, 0.05) is 18.5 Å². The minimum Gasteiger partial charge on any atom is -0.478 e. The summed E-state index contributed by atoms with van der Waals surface area (Å²) in [6.07, 6.45) is 0.743. The van der Waals surface area contributed by atoms with Crippen molar-refractivity contribution in [2.45, 2.75) is 20.0 Å². The summed E-state index contributed by atoms with van der Waals surface area (Å²) in [5.41, 5.74) is 2.24. The summed E-state index contributed by atoms with van der Waals surface area (Å²) >= 11 is 0. The average molecular weight is 303 g/mol. The average Bonchev–Trinajstić information content (AvgIpc) is 2.96. The number of aromatic amines is 1. The Morgan fingerprint density at radius 3 is 2.68 bits per heavy atom. The van der Waals surface area contributed by atoms with E-state index in [2.05, 4.69) is 15.5 Å². The second kappa shape index (κ2) is 6.86. The van der Waals surface area contributed by atoms with Crippen molar-refractivity contribution in [3.63, 3.8) is 0 Å². The predicted octanol–water partition coefficient (Wildman–Crippen LogP) is 2.07. The Kier molecular flexibility index (Phi) is 4.90. The highest BCUT2D eigenvalue weighted by molar-refractivity contribution is 6.03. The molecular formula is C15H17N3O4. The van der Waals surface area contributed by atoms with Crippen LogP contribution in [0.3, 0.4) is 0 Å². The normalized spacial score (nSPS) is 10.5. The number of anilines is 1. The van der Waals surface area contributed by atoms with Crippen LogP contribution in [0.25, 0.3) is 0 Å². The van der Waals surface area contributed by atoms with Crippen LogP contribution >= 0.6 is 0 Å². The molecule has 1 aromatic carbocycles. The fraction of sp³-hybridized carbons (Fsp3) is 0.267. The van der Waals surface area contributed by atoms with Gasteiger partial charge in [-0.2, -0.15) is 5.10 Å². The van der Waals surface area contributed by atoms with Crippen LogP contribution in [0, 0.1) is 0 Å². The number of methoxy groups -OCH3 is 1. The topological polar surface area (TPSA) is 104 Å². The number of H-pyrrole nitrogens is 1. The Morgan fingerprint density at radius 1 is 1.32 bits per heavy atom. The van der Waals surface area contributed by atoms with E-state index in [1.54, 1.807) is 12.1 Å². The van der Waals surface area contributed by atoms with Gasteiger partial charge in [-0.05, 0) is 36.2 Å². The molecule has 22 heavy (non-hydrogen) atoms. The van der Waals surface area contributed by atoms with Crippen LogP contribution < -0.4 is 5.32 Å². The van der Waals surface area contributed by atoms with Gasteiger partial charge in [0.2, 0.25) is 0 Å². The second-order valence-electron chi connectivity index (χ2n) is 4.74. The van der Waals surface area contributed by atoms with Crippen molar-refractivity contribution in [1.29, 1.82) is 0 Å². The summed E-state index contributed by atoms with van der Waals surface area (Å²) in [4.78, 5) is 23.3. The number of carboxylic acid groups (broad SMARTS) is 1.